The lowest BCUT2D eigenvalue weighted by molar-refractivity contribution is 0.0601. The maximum absolute atomic E-state index is 11.1. The number of rotatable bonds is 3. The van der Waals surface area contributed by atoms with Crippen LogP contribution in [0.4, 0.5) is 0 Å². The predicted octanol–water partition coefficient (Wildman–Crippen LogP) is -1.47. The maximum Gasteiger partial charge on any atom is 0.489 e. The van der Waals surface area contributed by atoms with Crippen molar-refractivity contribution in [3.05, 3.63) is 53.3 Å². The van der Waals surface area contributed by atoms with E-state index < -0.39 is 20.2 Å². The summed E-state index contributed by atoms with van der Waals surface area (Å²) in [5.74, 6) is -0.580. The second kappa shape index (κ2) is 9.19. The number of benzene rings is 1. The molecule has 0 spiro atoms. The lowest BCUT2D eigenvalue weighted by Gasteiger charge is -2.05. The van der Waals surface area contributed by atoms with Gasteiger partial charge in [0, 0.05) is 11.4 Å². The van der Waals surface area contributed by atoms with Gasteiger partial charge in [0.25, 0.3) is 0 Å². The van der Waals surface area contributed by atoms with E-state index >= 15 is 0 Å². The second-order valence-electron chi connectivity index (χ2n) is 5.01. The number of carbonyl (C=O) groups is 1. The van der Waals surface area contributed by atoms with E-state index in [9.17, 15) is 4.79 Å². The third-order valence-electron chi connectivity index (χ3n) is 3.05. The molecular formula is C15H19B2NO6. The third kappa shape index (κ3) is 5.78. The standard InChI is InChI=1S/C8H9BO4.C7H10BNO2/c1-13-8(10)6-4-2-3-5-7(6)9(11)12;1-5-3-7(8(10)11)4-6(2)9-5/h2-5,11-12H,1H3;3-4,10-11H,1-2H3. The average Bonchev–Trinajstić information content (AvgIpc) is 2.53. The molecule has 1 aromatic heterocycles. The van der Waals surface area contributed by atoms with Crippen LogP contribution >= 0.6 is 0 Å². The Morgan fingerprint density at radius 2 is 1.54 bits per heavy atom. The van der Waals surface area contributed by atoms with Crippen LogP contribution in [0, 0.1) is 13.8 Å². The first kappa shape index (κ1) is 19.9. The molecule has 0 atom stereocenters. The summed E-state index contributed by atoms with van der Waals surface area (Å²) in [5.41, 5.74) is 2.41. The van der Waals surface area contributed by atoms with Gasteiger partial charge in [-0.2, -0.15) is 0 Å². The Morgan fingerprint density at radius 3 is 2.00 bits per heavy atom. The molecule has 2 aromatic rings. The van der Waals surface area contributed by atoms with Crippen molar-refractivity contribution >= 4 is 31.1 Å². The van der Waals surface area contributed by atoms with Crippen molar-refractivity contribution < 1.29 is 29.6 Å². The summed E-state index contributed by atoms with van der Waals surface area (Å²) in [4.78, 5) is 15.2. The molecular weight excluding hydrogens is 312 g/mol. The van der Waals surface area contributed by atoms with Crippen LogP contribution in [-0.2, 0) is 4.74 Å². The highest BCUT2D eigenvalue weighted by atomic mass is 16.5. The van der Waals surface area contributed by atoms with Gasteiger partial charge in [-0.15, -0.1) is 0 Å². The first-order chi connectivity index (χ1) is 11.3. The van der Waals surface area contributed by atoms with Crippen molar-refractivity contribution in [2.75, 3.05) is 7.11 Å². The minimum absolute atomic E-state index is 0.148. The molecule has 0 saturated carbocycles. The monoisotopic (exact) mass is 331 g/mol. The summed E-state index contributed by atoms with van der Waals surface area (Å²) in [6.07, 6.45) is 0. The van der Waals surface area contributed by atoms with Gasteiger partial charge in [-0.25, -0.2) is 4.79 Å². The lowest BCUT2D eigenvalue weighted by atomic mass is 9.77. The Labute approximate surface area is 140 Å². The number of carbonyl (C=O) groups excluding carboxylic acids is 1. The van der Waals surface area contributed by atoms with Crippen LogP contribution in [0.3, 0.4) is 0 Å². The van der Waals surface area contributed by atoms with Crippen LogP contribution in [0.5, 0.6) is 0 Å². The maximum atomic E-state index is 11.1. The largest absolute Gasteiger partial charge is 0.489 e. The van der Waals surface area contributed by atoms with Gasteiger partial charge in [0.05, 0.1) is 12.7 Å². The Kier molecular flexibility index (Phi) is 7.60. The van der Waals surface area contributed by atoms with Crippen molar-refractivity contribution in [1.82, 2.24) is 4.98 Å². The number of aryl methyl sites for hydroxylation is 2. The fourth-order valence-electron chi connectivity index (χ4n) is 2.03. The summed E-state index contributed by atoms with van der Waals surface area (Å²) < 4.78 is 4.47. The van der Waals surface area contributed by atoms with E-state index in [1.165, 1.54) is 19.2 Å². The first-order valence-electron chi connectivity index (χ1n) is 7.11. The summed E-state index contributed by atoms with van der Waals surface area (Å²) in [7, 11) is -1.81. The number of aromatic nitrogens is 1. The van der Waals surface area contributed by atoms with Gasteiger partial charge in [-0.05, 0) is 43.0 Å². The smallest absolute Gasteiger partial charge is 0.465 e. The van der Waals surface area contributed by atoms with Gasteiger partial charge in [-0.1, -0.05) is 18.2 Å². The van der Waals surface area contributed by atoms with Gasteiger partial charge < -0.3 is 24.8 Å². The van der Waals surface area contributed by atoms with Gasteiger partial charge in [-0.3, -0.25) is 4.98 Å². The number of esters is 1. The summed E-state index contributed by atoms with van der Waals surface area (Å²) >= 11 is 0. The van der Waals surface area contributed by atoms with E-state index in [2.05, 4.69) is 9.72 Å². The molecule has 0 unspecified atom stereocenters. The van der Waals surface area contributed by atoms with Crippen LogP contribution in [0.25, 0.3) is 0 Å². The zero-order valence-corrected chi connectivity index (χ0v) is 13.7. The minimum atomic E-state index is -1.66. The Balaban J connectivity index is 0.000000243. The van der Waals surface area contributed by atoms with E-state index in [4.69, 9.17) is 20.1 Å². The van der Waals surface area contributed by atoms with Crippen molar-refractivity contribution in [2.45, 2.75) is 13.8 Å². The molecule has 0 bridgehead atoms. The molecule has 0 radical (unpaired) electrons. The van der Waals surface area contributed by atoms with Crippen LogP contribution in [-0.4, -0.2) is 52.4 Å². The van der Waals surface area contributed by atoms with Crippen LogP contribution in [0.2, 0.25) is 0 Å². The van der Waals surface area contributed by atoms with Gasteiger partial charge in [0.15, 0.2) is 0 Å². The van der Waals surface area contributed by atoms with E-state index in [0.29, 0.717) is 5.46 Å². The van der Waals surface area contributed by atoms with Gasteiger partial charge in [0.2, 0.25) is 0 Å². The molecule has 2 rings (SSSR count). The SMILES string of the molecule is COC(=O)c1ccccc1B(O)O.Cc1cc(B(O)O)cc(C)n1. The van der Waals surface area contributed by atoms with E-state index in [0.717, 1.165) is 11.4 Å². The Morgan fingerprint density at radius 1 is 1.00 bits per heavy atom. The number of ether oxygens (including phenoxy) is 1. The summed E-state index contributed by atoms with van der Waals surface area (Å²) in [6, 6.07) is 9.46. The summed E-state index contributed by atoms with van der Waals surface area (Å²) in [5, 5.41) is 35.4. The molecule has 9 heteroatoms. The highest BCUT2D eigenvalue weighted by molar-refractivity contribution is 6.60. The Bertz CT molecular complexity index is 673. The lowest BCUT2D eigenvalue weighted by Crippen LogP contribution is -2.34. The van der Waals surface area contributed by atoms with E-state index in [1.807, 2.05) is 13.8 Å². The Hall–Kier alpha value is -2.19. The molecule has 0 fully saturated rings. The molecule has 1 aromatic carbocycles. The summed E-state index contributed by atoms with van der Waals surface area (Å²) in [6.45, 7) is 3.64. The van der Waals surface area contributed by atoms with E-state index in [1.54, 1.807) is 24.3 Å². The number of pyridine rings is 1. The normalized spacial score (nSPS) is 9.62. The molecule has 0 aliphatic carbocycles. The fourth-order valence-corrected chi connectivity index (χ4v) is 2.03. The zero-order valence-electron chi connectivity index (χ0n) is 13.7. The van der Waals surface area contributed by atoms with Gasteiger partial charge in [0.1, 0.15) is 0 Å². The molecule has 0 amide bonds. The molecule has 0 saturated heterocycles. The van der Waals surface area contributed by atoms with Crippen LogP contribution < -0.4 is 10.9 Å². The minimum Gasteiger partial charge on any atom is -0.465 e. The molecule has 126 valence electrons. The fraction of sp³-hybridized carbons (Fsp3) is 0.200. The quantitative estimate of drug-likeness (QED) is 0.400. The molecule has 24 heavy (non-hydrogen) atoms. The number of hydrogen-bond acceptors (Lipinski definition) is 7. The van der Waals surface area contributed by atoms with Crippen LogP contribution in [0.15, 0.2) is 36.4 Å². The van der Waals surface area contributed by atoms with Crippen molar-refractivity contribution in [2.24, 2.45) is 0 Å². The number of methoxy groups -OCH3 is 1. The topological polar surface area (TPSA) is 120 Å². The second-order valence-corrected chi connectivity index (χ2v) is 5.01. The van der Waals surface area contributed by atoms with Crippen molar-refractivity contribution in [3.8, 4) is 0 Å². The van der Waals surface area contributed by atoms with Crippen molar-refractivity contribution in [3.63, 3.8) is 0 Å². The van der Waals surface area contributed by atoms with Crippen LogP contribution in [0.1, 0.15) is 21.7 Å². The third-order valence-corrected chi connectivity index (χ3v) is 3.05. The number of hydrogen-bond donors (Lipinski definition) is 4. The van der Waals surface area contributed by atoms with Crippen molar-refractivity contribution in [1.29, 1.82) is 0 Å². The average molecular weight is 331 g/mol. The molecule has 4 N–H and O–H groups in total. The molecule has 1 heterocycles. The molecule has 0 aliphatic heterocycles. The zero-order chi connectivity index (χ0) is 18.3. The van der Waals surface area contributed by atoms with Gasteiger partial charge >= 0.3 is 20.2 Å². The first-order valence-corrected chi connectivity index (χ1v) is 7.11. The number of nitrogens with zero attached hydrogens (tertiary/aromatic N) is 1. The molecule has 0 aliphatic rings. The van der Waals surface area contributed by atoms with E-state index in [-0.39, 0.29) is 11.0 Å². The predicted molar refractivity (Wildman–Crippen MR) is 91.1 cm³/mol. The highest BCUT2D eigenvalue weighted by Crippen LogP contribution is 1.98. The molecule has 7 nitrogen and oxygen atoms in total. The highest BCUT2D eigenvalue weighted by Gasteiger charge is 2.19.